The molecular formula is C24H25FN4O5. The van der Waals surface area contributed by atoms with Crippen LogP contribution in [-0.4, -0.2) is 62.5 Å². The molecule has 34 heavy (non-hydrogen) atoms. The maximum atomic E-state index is 13.7. The number of amides is 1. The highest BCUT2D eigenvalue weighted by molar-refractivity contribution is 5.90. The number of pyridine rings is 2. The summed E-state index contributed by atoms with van der Waals surface area (Å²) >= 11 is 0. The lowest BCUT2D eigenvalue weighted by molar-refractivity contribution is 0.000586. The van der Waals surface area contributed by atoms with Crippen molar-refractivity contribution in [2.75, 3.05) is 31.1 Å². The van der Waals surface area contributed by atoms with Crippen molar-refractivity contribution in [3.63, 3.8) is 0 Å². The summed E-state index contributed by atoms with van der Waals surface area (Å²) < 4.78 is 21.0. The third-order valence-electron chi connectivity index (χ3n) is 6.67. The minimum Gasteiger partial charge on any atom is -0.504 e. The topological polar surface area (TPSA) is 108 Å². The molecular weight excluding hydrogens is 443 g/mol. The molecule has 10 heteroatoms. The Labute approximate surface area is 194 Å². The lowest BCUT2D eigenvalue weighted by atomic mass is 9.91. The quantitative estimate of drug-likeness (QED) is 0.555. The lowest BCUT2D eigenvalue weighted by Crippen LogP contribution is -2.47. The highest BCUT2D eigenvalue weighted by atomic mass is 19.1. The molecule has 5 rings (SSSR count). The fourth-order valence-corrected chi connectivity index (χ4v) is 4.77. The molecule has 0 atom stereocenters. The van der Waals surface area contributed by atoms with E-state index in [2.05, 4.69) is 9.88 Å². The van der Waals surface area contributed by atoms with Gasteiger partial charge >= 0.3 is 6.09 Å². The number of phenols is 2. The Bertz CT molecular complexity index is 1300. The van der Waals surface area contributed by atoms with Crippen molar-refractivity contribution in [2.24, 2.45) is 0 Å². The Kier molecular flexibility index (Phi) is 5.60. The Balaban J connectivity index is 1.18. The number of benzene rings is 1. The highest BCUT2D eigenvalue weighted by Gasteiger charge is 2.47. The van der Waals surface area contributed by atoms with Gasteiger partial charge in [-0.25, -0.2) is 9.18 Å². The molecule has 178 valence electrons. The zero-order valence-electron chi connectivity index (χ0n) is 18.5. The van der Waals surface area contributed by atoms with Gasteiger partial charge in [0.2, 0.25) is 0 Å². The largest absolute Gasteiger partial charge is 0.504 e. The highest BCUT2D eigenvalue weighted by Crippen LogP contribution is 2.38. The van der Waals surface area contributed by atoms with E-state index in [1.807, 2.05) is 0 Å². The first-order valence-electron chi connectivity index (χ1n) is 11.2. The van der Waals surface area contributed by atoms with Gasteiger partial charge in [-0.1, -0.05) is 0 Å². The number of ether oxygens (including phenoxy) is 1. The monoisotopic (exact) mass is 468 g/mol. The van der Waals surface area contributed by atoms with Crippen LogP contribution < -0.4 is 10.5 Å². The summed E-state index contributed by atoms with van der Waals surface area (Å²) in [5, 5.41) is 19.3. The van der Waals surface area contributed by atoms with E-state index in [9.17, 15) is 24.2 Å². The molecule has 2 aromatic heterocycles. The number of fused-ring (bicyclic) bond motifs is 1. The molecule has 9 nitrogen and oxygen atoms in total. The van der Waals surface area contributed by atoms with Crippen molar-refractivity contribution >= 4 is 22.8 Å². The minimum atomic E-state index is -0.586. The molecule has 0 unspecified atom stereocenters. The number of carbonyl (C=O) groups excluding carboxylic acids is 1. The van der Waals surface area contributed by atoms with Crippen LogP contribution in [0.3, 0.4) is 0 Å². The van der Waals surface area contributed by atoms with Crippen molar-refractivity contribution in [1.82, 2.24) is 14.5 Å². The molecule has 1 aromatic carbocycles. The van der Waals surface area contributed by atoms with Crippen molar-refractivity contribution in [1.29, 1.82) is 0 Å². The number of aromatic nitrogens is 2. The average molecular weight is 468 g/mol. The van der Waals surface area contributed by atoms with E-state index in [0.717, 1.165) is 25.8 Å². The molecule has 0 aliphatic carbocycles. The maximum absolute atomic E-state index is 13.7. The number of phenolic OH excluding ortho intramolecular Hbond substituents is 2. The van der Waals surface area contributed by atoms with Gasteiger partial charge in [0.15, 0.2) is 11.5 Å². The van der Waals surface area contributed by atoms with Crippen LogP contribution in [0.4, 0.5) is 14.9 Å². The van der Waals surface area contributed by atoms with Gasteiger partial charge in [-0.05, 0) is 31.2 Å². The maximum Gasteiger partial charge on any atom is 0.415 e. The Morgan fingerprint density at radius 2 is 1.82 bits per heavy atom. The van der Waals surface area contributed by atoms with E-state index < -0.39 is 17.5 Å². The van der Waals surface area contributed by atoms with Crippen LogP contribution in [0.25, 0.3) is 11.0 Å². The number of hydrogen-bond donors (Lipinski definition) is 2. The SMILES string of the molecule is O=C1OC2(CCN(CCCn3c(=O)ccc4ncc(F)cc43)CC2)CN1c1ccc(O)c(O)c1. The molecule has 2 aliphatic rings. The summed E-state index contributed by atoms with van der Waals surface area (Å²) in [4.78, 5) is 32.6. The Morgan fingerprint density at radius 1 is 1.03 bits per heavy atom. The van der Waals surface area contributed by atoms with E-state index >= 15 is 0 Å². The van der Waals surface area contributed by atoms with Crippen LogP contribution in [0.15, 0.2) is 47.4 Å². The predicted molar refractivity (Wildman–Crippen MR) is 123 cm³/mol. The Morgan fingerprint density at radius 3 is 2.59 bits per heavy atom. The van der Waals surface area contributed by atoms with Gasteiger partial charge in [-0.3, -0.25) is 14.7 Å². The molecule has 2 N–H and O–H groups in total. The summed E-state index contributed by atoms with van der Waals surface area (Å²) in [6, 6.07) is 8.65. The standard InChI is InChI=1S/C24H25FN4O5/c25-16-12-19-18(26-14-16)3-5-22(32)28(19)9-1-8-27-10-6-24(7-11-27)15-29(23(33)34-24)17-2-4-20(30)21(31)13-17/h2-5,12-14,30-31H,1,6-11,15H2. The van der Waals surface area contributed by atoms with E-state index in [1.54, 1.807) is 16.7 Å². The molecule has 0 bridgehead atoms. The van der Waals surface area contributed by atoms with Crippen molar-refractivity contribution in [2.45, 2.75) is 31.4 Å². The fraction of sp³-hybridized carbons (Fsp3) is 0.375. The van der Waals surface area contributed by atoms with Crippen LogP contribution in [0.2, 0.25) is 0 Å². The number of aryl methyl sites for hydroxylation is 1. The fourth-order valence-electron chi connectivity index (χ4n) is 4.77. The molecule has 2 fully saturated rings. The number of anilines is 1. The van der Waals surface area contributed by atoms with Gasteiger partial charge in [0.25, 0.3) is 5.56 Å². The number of hydrogen-bond acceptors (Lipinski definition) is 7. The van der Waals surface area contributed by atoms with E-state index in [4.69, 9.17) is 4.74 Å². The molecule has 2 aliphatic heterocycles. The lowest BCUT2D eigenvalue weighted by Gasteiger charge is -2.37. The smallest absolute Gasteiger partial charge is 0.415 e. The van der Waals surface area contributed by atoms with Crippen LogP contribution in [0.5, 0.6) is 11.5 Å². The Hall–Kier alpha value is -3.66. The third-order valence-corrected chi connectivity index (χ3v) is 6.67. The third kappa shape index (κ3) is 4.16. The van der Waals surface area contributed by atoms with E-state index in [-0.39, 0.29) is 17.1 Å². The summed E-state index contributed by atoms with van der Waals surface area (Å²) in [7, 11) is 0. The molecule has 2 saturated heterocycles. The van der Waals surface area contributed by atoms with Gasteiger partial charge in [-0.2, -0.15) is 0 Å². The number of halogens is 1. The zero-order chi connectivity index (χ0) is 23.9. The summed E-state index contributed by atoms with van der Waals surface area (Å²) in [5.41, 5.74) is 0.775. The number of nitrogens with zero attached hydrogens (tertiary/aromatic N) is 4. The molecule has 0 saturated carbocycles. The number of piperidine rings is 1. The number of likely N-dealkylation sites (tertiary alicyclic amines) is 1. The molecule has 3 aromatic rings. The second-order valence-electron chi connectivity index (χ2n) is 8.89. The predicted octanol–water partition coefficient (Wildman–Crippen LogP) is 2.83. The number of aromatic hydroxyl groups is 2. The number of rotatable bonds is 5. The molecule has 4 heterocycles. The van der Waals surface area contributed by atoms with E-state index in [0.29, 0.717) is 49.1 Å². The van der Waals surface area contributed by atoms with Gasteiger partial charge in [0.1, 0.15) is 11.4 Å². The van der Waals surface area contributed by atoms with E-state index in [1.165, 1.54) is 29.2 Å². The van der Waals surface area contributed by atoms with Crippen molar-refractivity contribution in [3.8, 4) is 11.5 Å². The molecule has 1 amide bonds. The summed E-state index contributed by atoms with van der Waals surface area (Å²) in [6.45, 7) is 3.07. The molecule has 1 spiro atoms. The first-order valence-corrected chi connectivity index (χ1v) is 11.2. The van der Waals surface area contributed by atoms with Crippen LogP contribution in [0, 0.1) is 5.82 Å². The van der Waals surface area contributed by atoms with Crippen LogP contribution >= 0.6 is 0 Å². The number of carbonyl (C=O) groups is 1. The molecule has 0 radical (unpaired) electrons. The first kappa shape index (κ1) is 22.1. The van der Waals surface area contributed by atoms with Crippen LogP contribution in [-0.2, 0) is 11.3 Å². The zero-order valence-corrected chi connectivity index (χ0v) is 18.5. The average Bonchev–Trinajstić information content (AvgIpc) is 3.14. The van der Waals surface area contributed by atoms with Gasteiger partial charge in [0.05, 0.1) is 29.5 Å². The second kappa shape index (κ2) is 8.60. The van der Waals surface area contributed by atoms with Crippen molar-refractivity contribution < 1.29 is 24.1 Å². The first-order chi connectivity index (χ1) is 16.3. The van der Waals surface area contributed by atoms with Crippen LogP contribution in [0.1, 0.15) is 19.3 Å². The summed E-state index contributed by atoms with van der Waals surface area (Å²) in [5.74, 6) is -1.01. The van der Waals surface area contributed by atoms with Gasteiger partial charge in [0, 0.05) is 50.7 Å². The normalized spacial score (nSPS) is 18.0. The van der Waals surface area contributed by atoms with Gasteiger partial charge < -0.3 is 24.4 Å². The summed E-state index contributed by atoms with van der Waals surface area (Å²) in [6.07, 6.45) is 2.73. The van der Waals surface area contributed by atoms with Crippen molar-refractivity contribution in [3.05, 3.63) is 58.8 Å². The second-order valence-corrected chi connectivity index (χ2v) is 8.89. The van der Waals surface area contributed by atoms with Gasteiger partial charge in [-0.15, -0.1) is 0 Å². The minimum absolute atomic E-state index is 0.185.